The van der Waals surface area contributed by atoms with Gasteiger partial charge >= 0.3 is 0 Å². The average molecular weight is 335 g/mol. The number of hydrogen-bond donors (Lipinski definition) is 3. The Labute approximate surface area is 123 Å². The van der Waals surface area contributed by atoms with Crippen LogP contribution in [0, 0.1) is 0 Å². The van der Waals surface area contributed by atoms with Gasteiger partial charge in [0.15, 0.2) is 0 Å². The fourth-order valence-corrected chi connectivity index (χ4v) is 1.84. The number of halogens is 1. The normalized spacial score (nSPS) is 9.90. The minimum absolute atomic E-state index is 0.239. The summed E-state index contributed by atoms with van der Waals surface area (Å²) < 4.78 is 0.897. The van der Waals surface area contributed by atoms with E-state index in [9.17, 15) is 9.59 Å². The third kappa shape index (κ3) is 3.43. The third-order valence-corrected chi connectivity index (χ3v) is 3.14. The van der Waals surface area contributed by atoms with E-state index in [-0.39, 0.29) is 5.91 Å². The zero-order valence-electron chi connectivity index (χ0n) is 10.3. The van der Waals surface area contributed by atoms with Gasteiger partial charge in [0.05, 0.1) is 0 Å². The summed E-state index contributed by atoms with van der Waals surface area (Å²) in [6, 6.07) is 13.1. The Morgan fingerprint density at radius 2 is 1.35 bits per heavy atom. The van der Waals surface area contributed by atoms with Gasteiger partial charge in [-0.15, -0.1) is 0 Å². The van der Waals surface area contributed by atoms with Crippen molar-refractivity contribution in [2.45, 2.75) is 0 Å². The second-order valence-corrected chi connectivity index (χ2v) is 4.89. The van der Waals surface area contributed by atoms with E-state index in [2.05, 4.69) is 21.2 Å². The van der Waals surface area contributed by atoms with Crippen molar-refractivity contribution < 1.29 is 14.8 Å². The van der Waals surface area contributed by atoms with Gasteiger partial charge < -0.3 is 5.32 Å². The van der Waals surface area contributed by atoms with Gasteiger partial charge in [-0.25, -0.2) is 5.48 Å². The van der Waals surface area contributed by atoms with Crippen LogP contribution in [0.3, 0.4) is 0 Å². The number of benzene rings is 2. The van der Waals surface area contributed by atoms with E-state index < -0.39 is 5.91 Å². The van der Waals surface area contributed by atoms with Crippen LogP contribution in [0.4, 0.5) is 5.69 Å². The number of anilines is 1. The van der Waals surface area contributed by atoms with Crippen molar-refractivity contribution in [1.82, 2.24) is 5.48 Å². The first-order valence-corrected chi connectivity index (χ1v) is 6.51. The molecule has 0 heterocycles. The molecule has 0 aliphatic carbocycles. The van der Waals surface area contributed by atoms with Crippen LogP contribution >= 0.6 is 15.9 Å². The molecule has 0 atom stereocenters. The Morgan fingerprint density at radius 1 is 0.850 bits per heavy atom. The number of carbonyl (C=O) groups is 2. The lowest BCUT2D eigenvalue weighted by molar-refractivity contribution is 0.0706. The largest absolute Gasteiger partial charge is 0.322 e. The van der Waals surface area contributed by atoms with Gasteiger partial charge in [-0.2, -0.15) is 0 Å². The highest BCUT2D eigenvalue weighted by Gasteiger charge is 2.07. The van der Waals surface area contributed by atoms with Gasteiger partial charge in [-0.1, -0.05) is 15.9 Å². The van der Waals surface area contributed by atoms with Crippen LogP contribution in [0.1, 0.15) is 20.7 Å². The van der Waals surface area contributed by atoms with Crippen molar-refractivity contribution in [3.8, 4) is 0 Å². The number of amides is 2. The molecular formula is C14H11BrN2O3. The van der Waals surface area contributed by atoms with E-state index in [1.54, 1.807) is 41.9 Å². The molecule has 0 bridgehead atoms. The second-order valence-electron chi connectivity index (χ2n) is 3.98. The van der Waals surface area contributed by atoms with Gasteiger partial charge in [0, 0.05) is 21.3 Å². The Bertz CT molecular complexity index is 624. The molecule has 102 valence electrons. The summed E-state index contributed by atoms with van der Waals surface area (Å²) >= 11 is 3.30. The fourth-order valence-electron chi connectivity index (χ4n) is 1.57. The second kappa shape index (κ2) is 6.31. The third-order valence-electron chi connectivity index (χ3n) is 2.61. The highest BCUT2D eigenvalue weighted by molar-refractivity contribution is 9.10. The van der Waals surface area contributed by atoms with Crippen LogP contribution < -0.4 is 10.8 Å². The maximum atomic E-state index is 12.0. The standard InChI is InChI=1S/C14H11BrN2O3/c15-11-5-1-9(2-6-11)13(18)16-12-7-3-10(4-8-12)14(19)17-20/h1-8,20H,(H,16,18)(H,17,19). The maximum Gasteiger partial charge on any atom is 0.274 e. The van der Waals surface area contributed by atoms with E-state index >= 15 is 0 Å². The van der Waals surface area contributed by atoms with Crippen molar-refractivity contribution in [3.05, 3.63) is 64.1 Å². The molecule has 6 heteroatoms. The summed E-state index contributed by atoms with van der Waals surface area (Å²) in [5, 5.41) is 11.2. The van der Waals surface area contributed by atoms with Gasteiger partial charge in [-0.3, -0.25) is 14.8 Å². The van der Waals surface area contributed by atoms with Crippen molar-refractivity contribution >= 4 is 33.4 Å². The lowest BCUT2D eigenvalue weighted by atomic mass is 10.2. The number of hydroxylamine groups is 1. The summed E-state index contributed by atoms with van der Waals surface area (Å²) in [7, 11) is 0. The van der Waals surface area contributed by atoms with Crippen LogP contribution in [0.2, 0.25) is 0 Å². The molecular weight excluding hydrogens is 324 g/mol. The molecule has 0 fully saturated rings. The molecule has 0 aliphatic rings. The van der Waals surface area contributed by atoms with E-state index in [1.165, 1.54) is 12.1 Å². The van der Waals surface area contributed by atoms with Crippen LogP contribution in [0.25, 0.3) is 0 Å². The van der Waals surface area contributed by atoms with E-state index in [1.807, 2.05) is 0 Å². The number of hydrogen-bond acceptors (Lipinski definition) is 3. The summed E-state index contributed by atoms with van der Waals surface area (Å²) in [6.07, 6.45) is 0. The molecule has 0 aromatic heterocycles. The average Bonchev–Trinajstić information content (AvgIpc) is 2.48. The van der Waals surface area contributed by atoms with Crippen LogP contribution in [-0.4, -0.2) is 17.0 Å². The van der Waals surface area contributed by atoms with Gasteiger partial charge in [0.1, 0.15) is 0 Å². The first-order chi connectivity index (χ1) is 9.60. The molecule has 0 aliphatic heterocycles. The molecule has 2 amide bonds. The van der Waals surface area contributed by atoms with Crippen molar-refractivity contribution in [2.24, 2.45) is 0 Å². The van der Waals surface area contributed by atoms with Crippen molar-refractivity contribution in [2.75, 3.05) is 5.32 Å². The molecule has 0 radical (unpaired) electrons. The molecule has 0 saturated heterocycles. The molecule has 2 aromatic rings. The van der Waals surface area contributed by atoms with E-state index in [0.717, 1.165) is 4.47 Å². The summed E-state index contributed by atoms with van der Waals surface area (Å²) in [5.74, 6) is -0.840. The zero-order valence-corrected chi connectivity index (χ0v) is 11.8. The summed E-state index contributed by atoms with van der Waals surface area (Å²) in [4.78, 5) is 23.1. The Hall–Kier alpha value is -2.18. The SMILES string of the molecule is O=C(NO)c1ccc(NC(=O)c2ccc(Br)cc2)cc1. The Balaban J connectivity index is 2.08. The van der Waals surface area contributed by atoms with Gasteiger partial charge in [0.25, 0.3) is 11.8 Å². The number of nitrogens with one attached hydrogen (secondary N) is 2. The molecule has 3 N–H and O–H groups in total. The quantitative estimate of drug-likeness (QED) is 0.596. The molecule has 20 heavy (non-hydrogen) atoms. The molecule has 0 spiro atoms. The van der Waals surface area contributed by atoms with E-state index in [0.29, 0.717) is 16.8 Å². The summed E-state index contributed by atoms with van der Waals surface area (Å²) in [5.41, 5.74) is 2.94. The Morgan fingerprint density at radius 3 is 1.90 bits per heavy atom. The molecule has 5 nitrogen and oxygen atoms in total. The topological polar surface area (TPSA) is 78.4 Å². The first-order valence-electron chi connectivity index (χ1n) is 5.71. The zero-order chi connectivity index (χ0) is 14.5. The van der Waals surface area contributed by atoms with E-state index in [4.69, 9.17) is 5.21 Å². The molecule has 0 saturated carbocycles. The fraction of sp³-hybridized carbons (Fsp3) is 0. The van der Waals surface area contributed by atoms with Crippen LogP contribution in [-0.2, 0) is 0 Å². The van der Waals surface area contributed by atoms with Crippen LogP contribution in [0.15, 0.2) is 53.0 Å². The monoisotopic (exact) mass is 334 g/mol. The minimum atomic E-state index is -0.601. The maximum absolute atomic E-state index is 12.0. The predicted octanol–water partition coefficient (Wildman–Crippen LogP) is 2.82. The highest BCUT2D eigenvalue weighted by atomic mass is 79.9. The van der Waals surface area contributed by atoms with Crippen molar-refractivity contribution in [1.29, 1.82) is 0 Å². The highest BCUT2D eigenvalue weighted by Crippen LogP contribution is 2.14. The predicted molar refractivity (Wildman–Crippen MR) is 77.8 cm³/mol. The lowest BCUT2D eigenvalue weighted by Gasteiger charge is -2.06. The summed E-state index contributed by atoms with van der Waals surface area (Å²) in [6.45, 7) is 0. The Kier molecular flexibility index (Phi) is 4.49. The molecule has 0 unspecified atom stereocenters. The molecule has 2 aromatic carbocycles. The number of carbonyl (C=O) groups excluding carboxylic acids is 2. The lowest BCUT2D eigenvalue weighted by Crippen LogP contribution is -2.18. The van der Waals surface area contributed by atoms with Gasteiger partial charge in [0.2, 0.25) is 0 Å². The number of rotatable bonds is 3. The van der Waals surface area contributed by atoms with Crippen molar-refractivity contribution in [3.63, 3.8) is 0 Å². The minimum Gasteiger partial charge on any atom is -0.322 e. The van der Waals surface area contributed by atoms with Crippen LogP contribution in [0.5, 0.6) is 0 Å². The first kappa shape index (κ1) is 14.2. The smallest absolute Gasteiger partial charge is 0.274 e. The van der Waals surface area contributed by atoms with Gasteiger partial charge in [-0.05, 0) is 48.5 Å². The molecule has 2 rings (SSSR count).